The average molecular weight is 287 g/mol. The van der Waals surface area contributed by atoms with E-state index in [0.29, 0.717) is 16.7 Å². The highest BCUT2D eigenvalue weighted by atomic mass is 32.2. The summed E-state index contributed by atoms with van der Waals surface area (Å²) >= 11 is 1.98. The molecule has 2 aliphatic rings. The average Bonchev–Trinajstić information content (AvgIpc) is 2.36. The largest absolute Gasteiger partial charge is 0.381 e. The summed E-state index contributed by atoms with van der Waals surface area (Å²) in [5.74, 6) is 1.67. The maximum Gasteiger partial charge on any atom is 0.0729 e. The molecular weight excluding hydrogens is 258 g/mol. The molecule has 2 atom stereocenters. The Bertz CT molecular complexity index is 279. The highest BCUT2D eigenvalue weighted by Gasteiger charge is 2.40. The normalized spacial score (nSPS) is 29.4. The number of hydrogen-bond acceptors (Lipinski definition) is 4. The zero-order valence-electron chi connectivity index (χ0n) is 12.6. The van der Waals surface area contributed by atoms with E-state index in [9.17, 15) is 0 Å². The quantitative estimate of drug-likeness (QED) is 0.867. The second-order valence-electron chi connectivity index (χ2n) is 6.98. The van der Waals surface area contributed by atoms with Crippen molar-refractivity contribution in [1.29, 1.82) is 0 Å². The SMILES string of the molecule is CC(C)(C)SCC(N)C1CCOC2(CCOCC2)C1. The Labute approximate surface area is 122 Å². The first-order valence-electron chi connectivity index (χ1n) is 7.52. The molecule has 4 heteroatoms. The van der Waals surface area contributed by atoms with E-state index in [1.54, 1.807) is 0 Å². The van der Waals surface area contributed by atoms with Crippen LogP contribution in [0.3, 0.4) is 0 Å². The van der Waals surface area contributed by atoms with E-state index in [1.165, 1.54) is 0 Å². The van der Waals surface area contributed by atoms with Crippen molar-refractivity contribution in [2.75, 3.05) is 25.6 Å². The standard InChI is InChI=1S/C15H29NO2S/c1-14(2,3)19-11-13(16)12-4-7-18-15(10-12)5-8-17-9-6-15/h12-13H,4-11,16H2,1-3H3. The van der Waals surface area contributed by atoms with Gasteiger partial charge in [0, 0.05) is 36.4 Å². The third-order valence-electron chi connectivity index (χ3n) is 4.25. The van der Waals surface area contributed by atoms with E-state index in [1.807, 2.05) is 11.8 Å². The van der Waals surface area contributed by atoms with Crippen molar-refractivity contribution < 1.29 is 9.47 Å². The molecular formula is C15H29NO2S. The molecule has 0 aromatic rings. The molecule has 19 heavy (non-hydrogen) atoms. The summed E-state index contributed by atoms with van der Waals surface area (Å²) in [5, 5.41) is 0. The zero-order valence-corrected chi connectivity index (χ0v) is 13.4. The first-order chi connectivity index (χ1) is 8.90. The van der Waals surface area contributed by atoms with Crippen LogP contribution in [0.4, 0.5) is 0 Å². The van der Waals surface area contributed by atoms with E-state index in [4.69, 9.17) is 15.2 Å². The first-order valence-corrected chi connectivity index (χ1v) is 8.50. The molecule has 2 rings (SSSR count). The predicted molar refractivity (Wildman–Crippen MR) is 81.6 cm³/mol. The van der Waals surface area contributed by atoms with E-state index >= 15 is 0 Å². The number of thioether (sulfide) groups is 1. The highest BCUT2D eigenvalue weighted by Crippen LogP contribution is 2.38. The van der Waals surface area contributed by atoms with Crippen LogP contribution in [0.25, 0.3) is 0 Å². The molecule has 2 unspecified atom stereocenters. The van der Waals surface area contributed by atoms with Gasteiger partial charge in [-0.25, -0.2) is 0 Å². The molecule has 2 aliphatic heterocycles. The minimum Gasteiger partial charge on any atom is -0.381 e. The first kappa shape index (κ1) is 15.6. The van der Waals surface area contributed by atoms with Crippen molar-refractivity contribution in [1.82, 2.24) is 0 Å². The van der Waals surface area contributed by atoms with Crippen molar-refractivity contribution in [3.63, 3.8) is 0 Å². The topological polar surface area (TPSA) is 44.5 Å². The Morgan fingerprint density at radius 1 is 1.26 bits per heavy atom. The van der Waals surface area contributed by atoms with Gasteiger partial charge in [-0.3, -0.25) is 0 Å². The van der Waals surface area contributed by atoms with Gasteiger partial charge in [0.25, 0.3) is 0 Å². The summed E-state index contributed by atoms with van der Waals surface area (Å²) in [6, 6.07) is 0.299. The molecule has 2 fully saturated rings. The third kappa shape index (κ3) is 4.62. The number of hydrogen-bond donors (Lipinski definition) is 1. The summed E-state index contributed by atoms with van der Waals surface area (Å²) in [4.78, 5) is 0. The fraction of sp³-hybridized carbons (Fsp3) is 1.00. The maximum absolute atomic E-state index is 6.44. The molecule has 0 radical (unpaired) electrons. The van der Waals surface area contributed by atoms with Gasteiger partial charge in [0.2, 0.25) is 0 Å². The molecule has 0 aliphatic carbocycles. The van der Waals surface area contributed by atoms with Crippen molar-refractivity contribution in [2.24, 2.45) is 11.7 Å². The molecule has 0 bridgehead atoms. The van der Waals surface area contributed by atoms with Crippen molar-refractivity contribution in [3.8, 4) is 0 Å². The summed E-state index contributed by atoms with van der Waals surface area (Å²) in [6.07, 6.45) is 4.34. The summed E-state index contributed by atoms with van der Waals surface area (Å²) in [5.41, 5.74) is 6.51. The van der Waals surface area contributed by atoms with E-state index < -0.39 is 0 Å². The lowest BCUT2D eigenvalue weighted by atomic mass is 9.78. The molecule has 1 spiro atoms. The third-order valence-corrected chi connectivity index (χ3v) is 5.67. The van der Waals surface area contributed by atoms with E-state index in [-0.39, 0.29) is 5.60 Å². The number of nitrogens with two attached hydrogens (primary N) is 1. The molecule has 2 saturated heterocycles. The van der Waals surface area contributed by atoms with Gasteiger partial charge in [-0.2, -0.15) is 11.8 Å². The molecule has 3 nitrogen and oxygen atoms in total. The van der Waals surface area contributed by atoms with Crippen LogP contribution in [-0.2, 0) is 9.47 Å². The van der Waals surface area contributed by atoms with Gasteiger partial charge in [0.15, 0.2) is 0 Å². The maximum atomic E-state index is 6.44. The van der Waals surface area contributed by atoms with Gasteiger partial charge < -0.3 is 15.2 Å². The highest BCUT2D eigenvalue weighted by molar-refractivity contribution is 8.00. The molecule has 112 valence electrons. The van der Waals surface area contributed by atoms with E-state index in [0.717, 1.165) is 51.3 Å². The van der Waals surface area contributed by atoms with Crippen LogP contribution in [0.15, 0.2) is 0 Å². The van der Waals surface area contributed by atoms with Crippen LogP contribution in [0.5, 0.6) is 0 Å². The molecule has 0 saturated carbocycles. The van der Waals surface area contributed by atoms with Crippen molar-refractivity contribution >= 4 is 11.8 Å². The van der Waals surface area contributed by atoms with Gasteiger partial charge in [-0.15, -0.1) is 0 Å². The van der Waals surface area contributed by atoms with Crippen LogP contribution in [0.1, 0.15) is 46.5 Å². The number of rotatable bonds is 3. The monoisotopic (exact) mass is 287 g/mol. The summed E-state index contributed by atoms with van der Waals surface area (Å²) in [6.45, 7) is 9.34. The van der Waals surface area contributed by atoms with Gasteiger partial charge in [-0.05, 0) is 31.6 Å². The lowest BCUT2D eigenvalue weighted by Crippen LogP contribution is -2.49. The smallest absolute Gasteiger partial charge is 0.0729 e. The molecule has 0 aromatic carbocycles. The van der Waals surface area contributed by atoms with Crippen LogP contribution in [-0.4, -0.2) is 42.0 Å². The second-order valence-corrected chi connectivity index (χ2v) is 8.83. The van der Waals surface area contributed by atoms with Gasteiger partial charge in [0.1, 0.15) is 0 Å². The molecule has 0 amide bonds. The Morgan fingerprint density at radius 3 is 2.58 bits per heavy atom. The van der Waals surface area contributed by atoms with Gasteiger partial charge in [0.05, 0.1) is 5.60 Å². The van der Waals surface area contributed by atoms with Gasteiger partial charge >= 0.3 is 0 Å². The minimum atomic E-state index is 0.0746. The van der Waals surface area contributed by atoms with Crippen molar-refractivity contribution in [3.05, 3.63) is 0 Å². The van der Waals surface area contributed by atoms with Crippen LogP contribution >= 0.6 is 11.8 Å². The van der Waals surface area contributed by atoms with Crippen LogP contribution in [0, 0.1) is 5.92 Å². The minimum absolute atomic E-state index is 0.0746. The van der Waals surface area contributed by atoms with Crippen LogP contribution < -0.4 is 5.73 Å². The fourth-order valence-corrected chi connectivity index (χ4v) is 3.97. The van der Waals surface area contributed by atoms with Crippen LogP contribution in [0.2, 0.25) is 0 Å². The lowest BCUT2D eigenvalue weighted by molar-refractivity contribution is -0.148. The van der Waals surface area contributed by atoms with Crippen molar-refractivity contribution in [2.45, 2.75) is 62.8 Å². The molecule has 2 heterocycles. The Morgan fingerprint density at radius 2 is 1.95 bits per heavy atom. The predicted octanol–water partition coefficient (Wildman–Crippen LogP) is 2.82. The summed E-state index contributed by atoms with van der Waals surface area (Å²) < 4.78 is 11.9. The Hall–Kier alpha value is 0.230. The van der Waals surface area contributed by atoms with E-state index in [2.05, 4.69) is 20.8 Å². The Kier molecular flexibility index (Phi) is 5.21. The second kappa shape index (κ2) is 6.33. The molecule has 0 aromatic heterocycles. The fourth-order valence-electron chi connectivity index (χ4n) is 3.01. The summed E-state index contributed by atoms with van der Waals surface area (Å²) in [7, 11) is 0. The molecule has 2 N–H and O–H groups in total. The Balaban J connectivity index is 1.86. The number of ether oxygens (including phenoxy) is 2. The van der Waals surface area contributed by atoms with Gasteiger partial charge in [-0.1, -0.05) is 20.8 Å². The lowest BCUT2D eigenvalue weighted by Gasteiger charge is -2.45. The zero-order chi connectivity index (χ0) is 13.9.